The highest BCUT2D eigenvalue weighted by atomic mass is 19.4. The molecule has 208 valence electrons. The van der Waals surface area contributed by atoms with Crippen LogP contribution in [0.4, 0.5) is 18.9 Å². The summed E-state index contributed by atoms with van der Waals surface area (Å²) in [5.74, 6) is 0.851. The SMILES string of the molecule is CC(C)[C@H]1CC[C@H](n2cc3cc(NC(=O)c4cccc(C(F)(F)F)n4)c(OC[C@@H]4CCC(=O)N4)cc3n2)CC1. The third kappa shape index (κ3) is 6.17. The Balaban J connectivity index is 1.41. The number of nitrogens with zero attached hydrogens (tertiary/aromatic N) is 3. The first-order chi connectivity index (χ1) is 18.6. The minimum absolute atomic E-state index is 0.0471. The molecule has 1 atom stereocenters. The maximum atomic E-state index is 13.1. The molecule has 1 aliphatic carbocycles. The zero-order chi connectivity index (χ0) is 27.7. The van der Waals surface area contributed by atoms with Gasteiger partial charge >= 0.3 is 6.18 Å². The van der Waals surface area contributed by atoms with Crippen molar-refractivity contribution in [3.63, 3.8) is 0 Å². The number of hydrogen-bond donors (Lipinski definition) is 2. The molecule has 1 saturated heterocycles. The minimum Gasteiger partial charge on any atom is -0.489 e. The summed E-state index contributed by atoms with van der Waals surface area (Å²) >= 11 is 0. The van der Waals surface area contributed by atoms with Crippen LogP contribution in [0.15, 0.2) is 36.5 Å². The van der Waals surface area contributed by atoms with Crippen LogP contribution in [0.2, 0.25) is 0 Å². The van der Waals surface area contributed by atoms with Gasteiger partial charge in [-0.1, -0.05) is 19.9 Å². The topological polar surface area (TPSA) is 98.1 Å². The zero-order valence-corrected chi connectivity index (χ0v) is 21.9. The van der Waals surface area contributed by atoms with Crippen molar-refractivity contribution in [1.29, 1.82) is 0 Å². The highest BCUT2D eigenvalue weighted by Gasteiger charge is 2.33. The lowest BCUT2D eigenvalue weighted by atomic mass is 9.80. The molecule has 0 spiro atoms. The predicted octanol–water partition coefficient (Wildman–Crippen LogP) is 5.75. The van der Waals surface area contributed by atoms with Crippen LogP contribution in [-0.2, 0) is 11.0 Å². The van der Waals surface area contributed by atoms with E-state index in [1.165, 1.54) is 6.07 Å². The quantitative estimate of drug-likeness (QED) is 0.396. The molecule has 2 aromatic heterocycles. The Bertz CT molecular complexity index is 1360. The maximum Gasteiger partial charge on any atom is 0.433 e. The number of rotatable bonds is 7. The van der Waals surface area contributed by atoms with Crippen molar-refractivity contribution < 1.29 is 27.5 Å². The van der Waals surface area contributed by atoms with Crippen LogP contribution >= 0.6 is 0 Å². The largest absolute Gasteiger partial charge is 0.489 e. The lowest BCUT2D eigenvalue weighted by Crippen LogP contribution is -2.31. The third-order valence-corrected chi connectivity index (χ3v) is 7.73. The molecule has 2 N–H and O–H groups in total. The molecule has 1 aromatic carbocycles. The molecule has 8 nitrogen and oxygen atoms in total. The summed E-state index contributed by atoms with van der Waals surface area (Å²) < 4.78 is 47.4. The number of hydrogen-bond acceptors (Lipinski definition) is 5. The van der Waals surface area contributed by atoms with Crippen molar-refractivity contribution in [2.24, 2.45) is 11.8 Å². The molecule has 39 heavy (non-hydrogen) atoms. The van der Waals surface area contributed by atoms with Gasteiger partial charge in [-0.3, -0.25) is 14.3 Å². The monoisotopic (exact) mass is 543 g/mol. The van der Waals surface area contributed by atoms with E-state index in [9.17, 15) is 22.8 Å². The number of benzene rings is 1. The van der Waals surface area contributed by atoms with Gasteiger partial charge in [-0.2, -0.15) is 18.3 Å². The molecule has 1 aliphatic heterocycles. The van der Waals surface area contributed by atoms with E-state index < -0.39 is 17.8 Å². The first-order valence-corrected chi connectivity index (χ1v) is 13.4. The van der Waals surface area contributed by atoms with Gasteiger partial charge in [0, 0.05) is 24.1 Å². The number of ether oxygens (including phenoxy) is 1. The lowest BCUT2D eigenvalue weighted by Gasteiger charge is -2.30. The van der Waals surface area contributed by atoms with E-state index in [0.717, 1.165) is 43.2 Å². The molecular weight excluding hydrogens is 511 g/mol. The Kier molecular flexibility index (Phi) is 7.51. The highest BCUT2D eigenvalue weighted by molar-refractivity contribution is 6.05. The first-order valence-electron chi connectivity index (χ1n) is 13.4. The number of aromatic nitrogens is 3. The summed E-state index contributed by atoms with van der Waals surface area (Å²) in [4.78, 5) is 28.0. The summed E-state index contributed by atoms with van der Waals surface area (Å²) in [5.41, 5.74) is -0.537. The fourth-order valence-electron chi connectivity index (χ4n) is 5.41. The van der Waals surface area contributed by atoms with E-state index in [-0.39, 0.29) is 30.3 Å². The second kappa shape index (κ2) is 10.9. The summed E-state index contributed by atoms with van der Waals surface area (Å²) in [6.45, 7) is 4.70. The van der Waals surface area contributed by atoms with Crippen molar-refractivity contribution >= 4 is 28.4 Å². The van der Waals surface area contributed by atoms with E-state index in [4.69, 9.17) is 9.84 Å². The predicted molar refractivity (Wildman–Crippen MR) is 139 cm³/mol. The third-order valence-electron chi connectivity index (χ3n) is 7.73. The zero-order valence-electron chi connectivity index (χ0n) is 21.9. The van der Waals surface area contributed by atoms with Crippen molar-refractivity contribution in [1.82, 2.24) is 20.1 Å². The highest BCUT2D eigenvalue weighted by Crippen LogP contribution is 2.37. The Morgan fingerprint density at radius 2 is 1.95 bits per heavy atom. The molecule has 11 heteroatoms. The Labute approximate surface area is 224 Å². The molecule has 2 fully saturated rings. The second-order valence-electron chi connectivity index (χ2n) is 10.8. The summed E-state index contributed by atoms with van der Waals surface area (Å²) in [7, 11) is 0. The molecule has 0 unspecified atom stereocenters. The molecule has 0 radical (unpaired) electrons. The van der Waals surface area contributed by atoms with E-state index >= 15 is 0 Å². The van der Waals surface area contributed by atoms with Gasteiger partial charge in [-0.05, 0) is 62.1 Å². The number of nitrogens with one attached hydrogen (secondary N) is 2. The number of fused-ring (bicyclic) bond motifs is 1. The minimum atomic E-state index is -4.67. The number of carbonyl (C=O) groups is 2. The van der Waals surface area contributed by atoms with E-state index in [2.05, 4.69) is 29.5 Å². The smallest absolute Gasteiger partial charge is 0.433 e. The van der Waals surface area contributed by atoms with Crippen LogP contribution in [0.5, 0.6) is 5.75 Å². The van der Waals surface area contributed by atoms with E-state index in [1.54, 1.807) is 12.1 Å². The van der Waals surface area contributed by atoms with Crippen molar-refractivity contribution in [3.8, 4) is 5.75 Å². The van der Waals surface area contributed by atoms with Crippen molar-refractivity contribution in [3.05, 3.63) is 47.9 Å². The summed E-state index contributed by atoms with van der Waals surface area (Å²) in [6.07, 6.45) is 2.67. The lowest BCUT2D eigenvalue weighted by molar-refractivity contribution is -0.141. The van der Waals surface area contributed by atoms with Gasteiger partial charge in [0.1, 0.15) is 23.7 Å². The van der Waals surface area contributed by atoms with E-state index in [1.807, 2.05) is 10.9 Å². The fraction of sp³-hybridized carbons (Fsp3) is 0.500. The van der Waals surface area contributed by atoms with Crippen LogP contribution in [-0.4, -0.2) is 39.2 Å². The summed E-state index contributed by atoms with van der Waals surface area (Å²) in [6, 6.07) is 6.73. The number of halogens is 3. The molecule has 2 aliphatic rings. The number of anilines is 1. The molecule has 2 amide bonds. The van der Waals surface area contributed by atoms with Gasteiger partial charge in [0.25, 0.3) is 5.91 Å². The fourth-order valence-corrected chi connectivity index (χ4v) is 5.41. The van der Waals surface area contributed by atoms with Crippen LogP contribution in [0.3, 0.4) is 0 Å². The molecule has 5 rings (SSSR count). The number of amides is 2. The normalized spacial score (nSPS) is 21.8. The first kappa shape index (κ1) is 27.0. The van der Waals surface area contributed by atoms with Gasteiger partial charge in [-0.25, -0.2) is 4.98 Å². The van der Waals surface area contributed by atoms with Crippen molar-refractivity contribution in [2.45, 2.75) is 70.6 Å². The Morgan fingerprint density at radius 3 is 2.62 bits per heavy atom. The Hall–Kier alpha value is -3.63. The van der Waals surface area contributed by atoms with Crippen LogP contribution in [0, 0.1) is 11.8 Å². The molecule has 0 bridgehead atoms. The number of carbonyl (C=O) groups excluding carboxylic acids is 2. The number of alkyl halides is 3. The maximum absolute atomic E-state index is 13.1. The molecule has 3 aromatic rings. The standard InChI is InChI=1S/C28H32F3N5O3/c1-16(2)17-6-9-20(10-7-17)36-14-18-12-23(34-27(38)21-4-3-5-25(33-21)28(29,30)31)24(13-22(18)35-36)39-15-19-8-11-26(37)32-19/h3-5,12-14,16-17,19-20H,6-11,15H2,1-2H3,(H,32,37)(H,34,38)/t17-,19-,20-/m0/s1. The van der Waals surface area contributed by atoms with Gasteiger partial charge < -0.3 is 15.4 Å². The number of pyridine rings is 1. The van der Waals surface area contributed by atoms with Crippen LogP contribution < -0.4 is 15.4 Å². The molecular formula is C28H32F3N5O3. The summed E-state index contributed by atoms with van der Waals surface area (Å²) in [5, 5.41) is 11.1. The van der Waals surface area contributed by atoms with E-state index in [0.29, 0.717) is 41.6 Å². The second-order valence-corrected chi connectivity index (χ2v) is 10.8. The van der Waals surface area contributed by atoms with Gasteiger partial charge in [0.15, 0.2) is 0 Å². The van der Waals surface area contributed by atoms with Gasteiger partial charge in [-0.15, -0.1) is 0 Å². The molecule has 3 heterocycles. The van der Waals surface area contributed by atoms with Gasteiger partial charge in [0.05, 0.1) is 23.3 Å². The average molecular weight is 544 g/mol. The molecule has 1 saturated carbocycles. The van der Waals surface area contributed by atoms with Crippen molar-refractivity contribution in [2.75, 3.05) is 11.9 Å². The van der Waals surface area contributed by atoms with Crippen LogP contribution in [0.1, 0.15) is 74.6 Å². The van der Waals surface area contributed by atoms with Crippen LogP contribution in [0.25, 0.3) is 10.9 Å². The Morgan fingerprint density at radius 1 is 1.18 bits per heavy atom. The average Bonchev–Trinajstić information content (AvgIpc) is 3.52. The van der Waals surface area contributed by atoms with Gasteiger partial charge in [0.2, 0.25) is 5.91 Å².